The smallest absolute Gasteiger partial charge is 0.337 e. The molecule has 2 heterocycles. The number of amides is 1. The van der Waals surface area contributed by atoms with Crippen LogP contribution >= 0.6 is 0 Å². The first kappa shape index (κ1) is 16.2. The van der Waals surface area contributed by atoms with Crippen molar-refractivity contribution in [1.82, 2.24) is 14.8 Å². The van der Waals surface area contributed by atoms with Crippen molar-refractivity contribution in [3.8, 4) is 0 Å². The van der Waals surface area contributed by atoms with Crippen molar-refractivity contribution < 1.29 is 14.7 Å². The van der Waals surface area contributed by atoms with Gasteiger partial charge in [0.2, 0.25) is 0 Å². The van der Waals surface area contributed by atoms with Gasteiger partial charge in [-0.05, 0) is 32.8 Å². The van der Waals surface area contributed by atoms with E-state index >= 15 is 0 Å². The molecule has 0 radical (unpaired) electrons. The average Bonchev–Trinajstić information content (AvgIpc) is 3.18. The molecule has 2 aromatic heterocycles. The molecule has 1 aliphatic carbocycles. The van der Waals surface area contributed by atoms with Crippen LogP contribution < -0.4 is 5.32 Å². The maximum Gasteiger partial charge on any atom is 0.337 e. The molecule has 3 rings (SSSR count). The summed E-state index contributed by atoms with van der Waals surface area (Å²) >= 11 is 0. The van der Waals surface area contributed by atoms with E-state index in [9.17, 15) is 9.59 Å². The highest BCUT2D eigenvalue weighted by Gasteiger charge is 2.22. The minimum atomic E-state index is -1.11. The number of aromatic nitrogens is 3. The summed E-state index contributed by atoms with van der Waals surface area (Å²) < 4.78 is 1.97. The second-order valence-electron chi connectivity index (χ2n) is 6.14. The molecule has 1 amide bonds. The van der Waals surface area contributed by atoms with E-state index in [4.69, 9.17) is 5.11 Å². The summed E-state index contributed by atoms with van der Waals surface area (Å²) in [7, 11) is 0. The summed E-state index contributed by atoms with van der Waals surface area (Å²) in [5.74, 6) is -1.49. The van der Waals surface area contributed by atoms with E-state index in [1.54, 1.807) is 13.1 Å². The van der Waals surface area contributed by atoms with E-state index in [0.29, 0.717) is 17.4 Å². The Morgan fingerprint density at radius 1 is 1.25 bits per heavy atom. The molecule has 1 fully saturated rings. The molecule has 24 heavy (non-hydrogen) atoms. The number of rotatable bonds is 4. The predicted octanol–water partition coefficient (Wildman–Crippen LogP) is 2.96. The maximum atomic E-state index is 12.5. The molecule has 0 atom stereocenters. The fourth-order valence-corrected chi connectivity index (χ4v) is 3.13. The quantitative estimate of drug-likeness (QED) is 0.899. The van der Waals surface area contributed by atoms with Crippen LogP contribution in [0.25, 0.3) is 0 Å². The van der Waals surface area contributed by atoms with Crippen molar-refractivity contribution in [2.45, 2.75) is 45.6 Å². The minimum Gasteiger partial charge on any atom is -0.478 e. The van der Waals surface area contributed by atoms with Crippen LogP contribution in [-0.4, -0.2) is 31.7 Å². The van der Waals surface area contributed by atoms with Crippen LogP contribution in [0.2, 0.25) is 0 Å². The number of aryl methyl sites for hydroxylation is 1. The Morgan fingerprint density at radius 3 is 2.62 bits per heavy atom. The Labute approximate surface area is 139 Å². The lowest BCUT2D eigenvalue weighted by Crippen LogP contribution is -2.16. The summed E-state index contributed by atoms with van der Waals surface area (Å²) in [6, 6.07) is 1.74. The number of hydrogen-bond acceptors (Lipinski definition) is 4. The van der Waals surface area contributed by atoms with Crippen molar-refractivity contribution in [2.24, 2.45) is 0 Å². The van der Waals surface area contributed by atoms with Gasteiger partial charge in [0.1, 0.15) is 0 Å². The lowest BCUT2D eigenvalue weighted by molar-refractivity contribution is 0.0696. The Kier molecular flexibility index (Phi) is 4.33. The molecule has 0 aliphatic heterocycles. The topological polar surface area (TPSA) is 97.1 Å². The summed E-state index contributed by atoms with van der Waals surface area (Å²) in [5.41, 5.74) is 2.28. The highest BCUT2D eigenvalue weighted by molar-refractivity contribution is 6.06. The molecular weight excluding hydrogens is 308 g/mol. The molecule has 0 aromatic carbocycles. The van der Waals surface area contributed by atoms with Crippen molar-refractivity contribution in [1.29, 1.82) is 0 Å². The van der Waals surface area contributed by atoms with Crippen LogP contribution in [0.1, 0.15) is 63.8 Å². The van der Waals surface area contributed by atoms with E-state index in [-0.39, 0.29) is 17.0 Å². The SMILES string of the molecule is Cc1ncc(C(=O)O)cc1C(=O)Nc1cnn(C2CCCC2)c1C. The fraction of sp³-hybridized carbons (Fsp3) is 0.412. The van der Waals surface area contributed by atoms with Crippen molar-refractivity contribution in [3.05, 3.63) is 41.0 Å². The van der Waals surface area contributed by atoms with Gasteiger partial charge in [-0.15, -0.1) is 0 Å². The number of carboxylic acids is 1. The van der Waals surface area contributed by atoms with Gasteiger partial charge in [0, 0.05) is 6.20 Å². The standard InChI is InChI=1S/C17H20N4O3/c1-10-14(7-12(8-18-10)17(23)24)16(22)20-15-9-19-21(11(15)2)13-5-3-4-6-13/h7-9,13H,3-6H2,1-2H3,(H,20,22)(H,23,24). The van der Waals surface area contributed by atoms with E-state index in [2.05, 4.69) is 15.4 Å². The summed E-state index contributed by atoms with van der Waals surface area (Å²) in [6.07, 6.45) is 7.53. The van der Waals surface area contributed by atoms with Gasteiger partial charge >= 0.3 is 5.97 Å². The highest BCUT2D eigenvalue weighted by atomic mass is 16.4. The van der Waals surface area contributed by atoms with Gasteiger partial charge in [-0.1, -0.05) is 12.8 Å². The monoisotopic (exact) mass is 328 g/mol. The van der Waals surface area contributed by atoms with Crippen molar-refractivity contribution in [3.63, 3.8) is 0 Å². The number of aromatic carboxylic acids is 1. The second-order valence-corrected chi connectivity index (χ2v) is 6.14. The van der Waals surface area contributed by atoms with Crippen LogP contribution in [0.4, 0.5) is 5.69 Å². The van der Waals surface area contributed by atoms with Gasteiger partial charge < -0.3 is 10.4 Å². The molecule has 1 aliphatic rings. The number of carboxylic acid groups (broad SMARTS) is 1. The van der Waals surface area contributed by atoms with Crippen molar-refractivity contribution >= 4 is 17.6 Å². The zero-order chi connectivity index (χ0) is 17.3. The van der Waals surface area contributed by atoms with Crippen LogP contribution in [0.5, 0.6) is 0 Å². The number of carbonyl (C=O) groups excluding carboxylic acids is 1. The Balaban J connectivity index is 1.83. The number of nitrogens with zero attached hydrogens (tertiary/aromatic N) is 3. The third kappa shape index (κ3) is 3.02. The summed E-state index contributed by atoms with van der Waals surface area (Å²) in [6.45, 7) is 3.61. The third-order valence-corrected chi connectivity index (χ3v) is 4.54. The first-order valence-electron chi connectivity index (χ1n) is 8.02. The number of anilines is 1. The first-order valence-corrected chi connectivity index (χ1v) is 8.02. The summed E-state index contributed by atoms with van der Waals surface area (Å²) in [5, 5.41) is 16.3. The van der Waals surface area contributed by atoms with Gasteiger partial charge in [0.25, 0.3) is 5.91 Å². The van der Waals surface area contributed by atoms with Crippen molar-refractivity contribution in [2.75, 3.05) is 5.32 Å². The number of pyridine rings is 1. The Morgan fingerprint density at radius 2 is 1.96 bits per heavy atom. The van der Waals surface area contributed by atoms with Crippen LogP contribution in [0.3, 0.4) is 0 Å². The Hall–Kier alpha value is -2.70. The van der Waals surface area contributed by atoms with E-state index in [1.807, 2.05) is 11.6 Å². The largest absolute Gasteiger partial charge is 0.478 e. The second kappa shape index (κ2) is 6.43. The number of hydrogen-bond donors (Lipinski definition) is 2. The first-order chi connectivity index (χ1) is 11.5. The number of carbonyl (C=O) groups is 2. The van der Waals surface area contributed by atoms with Crippen LogP contribution in [0, 0.1) is 13.8 Å². The van der Waals surface area contributed by atoms with E-state index in [1.165, 1.54) is 25.1 Å². The van der Waals surface area contributed by atoms with Gasteiger partial charge in [0.05, 0.1) is 40.4 Å². The molecule has 126 valence electrons. The zero-order valence-corrected chi connectivity index (χ0v) is 13.7. The zero-order valence-electron chi connectivity index (χ0n) is 13.7. The van der Waals surface area contributed by atoms with Gasteiger partial charge in [-0.2, -0.15) is 5.10 Å². The highest BCUT2D eigenvalue weighted by Crippen LogP contribution is 2.31. The van der Waals surface area contributed by atoms with E-state index in [0.717, 1.165) is 18.5 Å². The van der Waals surface area contributed by atoms with Crippen LogP contribution in [-0.2, 0) is 0 Å². The Bertz CT molecular complexity index is 791. The summed E-state index contributed by atoms with van der Waals surface area (Å²) in [4.78, 5) is 27.6. The molecule has 0 unspecified atom stereocenters. The molecule has 2 N–H and O–H groups in total. The average molecular weight is 328 g/mol. The lowest BCUT2D eigenvalue weighted by Gasteiger charge is -2.13. The van der Waals surface area contributed by atoms with Gasteiger partial charge in [-0.3, -0.25) is 14.5 Å². The molecule has 1 saturated carbocycles. The minimum absolute atomic E-state index is 0.0101. The van der Waals surface area contributed by atoms with Gasteiger partial charge in [-0.25, -0.2) is 4.79 Å². The molecule has 0 spiro atoms. The lowest BCUT2D eigenvalue weighted by atomic mass is 10.1. The maximum absolute atomic E-state index is 12.5. The molecule has 2 aromatic rings. The molecule has 7 nitrogen and oxygen atoms in total. The molecule has 7 heteroatoms. The van der Waals surface area contributed by atoms with Crippen LogP contribution in [0.15, 0.2) is 18.5 Å². The normalized spacial score (nSPS) is 14.8. The van der Waals surface area contributed by atoms with Gasteiger partial charge in [0.15, 0.2) is 0 Å². The molecular formula is C17H20N4O3. The van der Waals surface area contributed by atoms with E-state index < -0.39 is 5.97 Å². The third-order valence-electron chi connectivity index (χ3n) is 4.54. The fourth-order valence-electron chi connectivity index (χ4n) is 3.13. The molecule has 0 saturated heterocycles. The molecule has 0 bridgehead atoms. The number of nitrogens with one attached hydrogen (secondary N) is 1. The predicted molar refractivity (Wildman–Crippen MR) is 88.4 cm³/mol.